The number of unbranched alkanes of at least 4 members (excludes halogenated alkanes) is 13. The van der Waals surface area contributed by atoms with Crippen LogP contribution < -0.4 is 14.0 Å². The predicted molar refractivity (Wildman–Crippen MR) is 161 cm³/mol. The normalized spacial score (nSPS) is 13.8. The van der Waals surface area contributed by atoms with E-state index < -0.39 is 13.9 Å². The third-order valence-electron chi connectivity index (χ3n) is 6.96. The van der Waals surface area contributed by atoms with Gasteiger partial charge in [-0.05, 0) is 25.5 Å². The van der Waals surface area contributed by atoms with Crippen LogP contribution in [0.1, 0.15) is 107 Å². The molecule has 0 spiro atoms. The van der Waals surface area contributed by atoms with Crippen LogP contribution in [-0.4, -0.2) is 33.0 Å². The number of para-hydroxylation sites is 1. The van der Waals surface area contributed by atoms with Crippen LogP contribution in [0.2, 0.25) is 0 Å². The molecule has 0 aliphatic rings. The minimum Gasteiger partial charge on any atom is -0.746 e. The van der Waals surface area contributed by atoms with Crippen LogP contribution in [0.3, 0.4) is 0 Å². The molecule has 0 aliphatic carbocycles. The summed E-state index contributed by atoms with van der Waals surface area (Å²) in [4.78, 5) is 13.7. The predicted octanol–water partition coefficient (Wildman–Crippen LogP) is 7.77. The highest BCUT2D eigenvalue weighted by Gasteiger charge is 2.19. The van der Waals surface area contributed by atoms with Crippen molar-refractivity contribution in [3.63, 3.8) is 0 Å². The average Bonchev–Trinajstić information content (AvgIpc) is 3.35. The van der Waals surface area contributed by atoms with Crippen molar-refractivity contribution in [1.82, 2.24) is 0 Å². The first kappa shape index (κ1) is 34.9. The Morgan fingerprint density at radius 3 is 2.08 bits per heavy atom. The molecular weight excluding hydrogens is 545 g/mol. The minimum atomic E-state index is -4.58. The lowest BCUT2D eigenvalue weighted by atomic mass is 10.0. The van der Waals surface area contributed by atoms with E-state index in [1.807, 2.05) is 35.3 Å². The second kappa shape index (κ2) is 21.4. The molecule has 9 heteroatoms. The maximum atomic E-state index is 12.5. The fourth-order valence-corrected chi connectivity index (χ4v) is 6.02. The van der Waals surface area contributed by atoms with Gasteiger partial charge in [0.15, 0.2) is 12.7 Å². The standard InChI is InChI=1S/C31H52NO6PS/c1-4-5-6-7-8-9-10-11-12-13-14-15-16-19-22-36-25-30(35-3)26-37-39(33,34)38-31-21-18-17-20-29(31)24-32-23-28(2)40-27-32/h17-18,20-21,23,27,30H,4-16,19,22,24-26H2,1-3H3. The van der Waals surface area contributed by atoms with Crippen molar-refractivity contribution >= 4 is 19.2 Å². The van der Waals surface area contributed by atoms with E-state index in [9.17, 15) is 9.46 Å². The zero-order valence-corrected chi connectivity index (χ0v) is 26.7. The third-order valence-corrected chi connectivity index (χ3v) is 8.69. The van der Waals surface area contributed by atoms with Gasteiger partial charge in [0, 0.05) is 13.7 Å². The van der Waals surface area contributed by atoms with Crippen molar-refractivity contribution in [3.05, 3.63) is 46.4 Å². The molecule has 7 nitrogen and oxygen atoms in total. The molecule has 1 aromatic heterocycles. The molecule has 2 aromatic rings. The molecule has 0 saturated heterocycles. The Kier molecular flexibility index (Phi) is 18.7. The summed E-state index contributed by atoms with van der Waals surface area (Å²) in [5.74, 6) is 0.264. The number of phosphoric ester groups is 1. The summed E-state index contributed by atoms with van der Waals surface area (Å²) in [7, 11) is -3.05. The highest BCUT2D eigenvalue weighted by atomic mass is 32.1. The van der Waals surface area contributed by atoms with Gasteiger partial charge in [0.25, 0.3) is 0 Å². The second-order valence-electron chi connectivity index (χ2n) is 10.6. The molecule has 2 rings (SSSR count). The van der Waals surface area contributed by atoms with Gasteiger partial charge < -0.3 is 23.4 Å². The zero-order valence-electron chi connectivity index (χ0n) is 25.0. The van der Waals surface area contributed by atoms with Crippen LogP contribution in [0.15, 0.2) is 36.0 Å². The Labute approximate surface area is 246 Å². The fourth-order valence-electron chi connectivity index (χ4n) is 4.57. The second-order valence-corrected chi connectivity index (χ2v) is 13.0. The summed E-state index contributed by atoms with van der Waals surface area (Å²) in [5, 5.41) is 0. The van der Waals surface area contributed by atoms with Crippen LogP contribution in [0.25, 0.3) is 0 Å². The van der Waals surface area contributed by atoms with Crippen molar-refractivity contribution < 1.29 is 32.5 Å². The smallest absolute Gasteiger partial charge is 0.319 e. The number of methoxy groups -OCH3 is 1. The Morgan fingerprint density at radius 2 is 1.50 bits per heavy atom. The molecule has 0 aliphatic heterocycles. The maximum absolute atomic E-state index is 12.5. The Bertz CT molecular complexity index is 955. The molecule has 2 atom stereocenters. The van der Waals surface area contributed by atoms with E-state index in [1.165, 1.54) is 89.0 Å². The summed E-state index contributed by atoms with van der Waals surface area (Å²) in [5.41, 5.74) is 2.74. The van der Waals surface area contributed by atoms with Crippen LogP contribution in [0.5, 0.6) is 5.75 Å². The van der Waals surface area contributed by atoms with E-state index in [0.29, 0.717) is 13.2 Å². The quantitative estimate of drug-likeness (QED) is 0.0661. The van der Waals surface area contributed by atoms with E-state index in [-0.39, 0.29) is 19.0 Å². The molecule has 228 valence electrons. The average molecular weight is 598 g/mol. The lowest BCUT2D eigenvalue weighted by Gasteiger charge is -2.26. The summed E-state index contributed by atoms with van der Waals surface area (Å²) in [6.07, 6.45) is 20.0. The van der Waals surface area contributed by atoms with Crippen molar-refractivity contribution in [2.45, 2.75) is 116 Å². The van der Waals surface area contributed by atoms with Crippen molar-refractivity contribution in [1.29, 1.82) is 0 Å². The Hall–Kier alpha value is -1.28. The van der Waals surface area contributed by atoms with Crippen molar-refractivity contribution in [2.24, 2.45) is 0 Å². The van der Waals surface area contributed by atoms with Crippen LogP contribution in [0, 0.1) is 6.92 Å². The van der Waals surface area contributed by atoms with Crippen molar-refractivity contribution in [2.75, 3.05) is 26.9 Å². The minimum absolute atomic E-state index is 0.156. The molecule has 0 N–H and O–H groups in total. The lowest BCUT2D eigenvalue weighted by Crippen LogP contribution is -2.31. The number of benzene rings is 1. The molecule has 0 radical (unpaired) electrons. The number of nitrogens with zero attached hydrogens (tertiary/aromatic N) is 1. The highest BCUT2D eigenvalue weighted by Crippen LogP contribution is 2.41. The van der Waals surface area contributed by atoms with Crippen LogP contribution >= 0.6 is 19.2 Å². The lowest BCUT2D eigenvalue weighted by molar-refractivity contribution is -0.683. The van der Waals surface area contributed by atoms with Gasteiger partial charge in [-0.1, -0.05) is 114 Å². The Balaban J connectivity index is 1.53. The number of hydrogen-bond acceptors (Lipinski definition) is 7. The first-order valence-electron chi connectivity index (χ1n) is 15.2. The van der Waals surface area contributed by atoms with Crippen LogP contribution in [-0.2, 0) is 25.1 Å². The fraction of sp³-hybridized carbons (Fsp3) is 0.710. The Morgan fingerprint density at radius 1 is 0.900 bits per heavy atom. The summed E-state index contributed by atoms with van der Waals surface area (Å²) < 4.78 is 36.1. The summed E-state index contributed by atoms with van der Waals surface area (Å²) in [6.45, 7) is 5.56. The molecule has 1 aromatic carbocycles. The van der Waals surface area contributed by atoms with Gasteiger partial charge in [-0.3, -0.25) is 4.57 Å². The molecule has 0 saturated carbocycles. The van der Waals surface area contributed by atoms with E-state index in [0.717, 1.165) is 18.4 Å². The number of thiazole rings is 1. The first-order valence-corrected chi connectivity index (χ1v) is 17.6. The summed E-state index contributed by atoms with van der Waals surface area (Å²) in [6, 6.07) is 7.08. The van der Waals surface area contributed by atoms with Crippen LogP contribution in [0.4, 0.5) is 0 Å². The molecule has 40 heavy (non-hydrogen) atoms. The van der Waals surface area contributed by atoms with Gasteiger partial charge in [0.2, 0.25) is 5.51 Å². The van der Waals surface area contributed by atoms with E-state index in [2.05, 4.69) is 6.92 Å². The number of rotatable bonds is 25. The van der Waals surface area contributed by atoms with E-state index >= 15 is 0 Å². The van der Waals surface area contributed by atoms with Gasteiger partial charge in [-0.2, -0.15) is 4.57 Å². The maximum Gasteiger partial charge on any atom is 0.319 e. The number of ether oxygens (including phenoxy) is 2. The van der Waals surface area contributed by atoms with E-state index in [4.69, 9.17) is 18.5 Å². The van der Waals surface area contributed by atoms with Gasteiger partial charge in [-0.25, -0.2) is 0 Å². The topological polar surface area (TPSA) is 80.9 Å². The third kappa shape index (κ3) is 16.2. The molecular formula is C31H52NO6PS. The molecule has 2 unspecified atom stereocenters. The largest absolute Gasteiger partial charge is 0.746 e. The highest BCUT2D eigenvalue weighted by molar-refractivity contribution is 7.46. The van der Waals surface area contributed by atoms with Gasteiger partial charge in [0.1, 0.15) is 11.9 Å². The monoisotopic (exact) mass is 597 g/mol. The van der Waals surface area contributed by atoms with Crippen molar-refractivity contribution in [3.8, 4) is 5.75 Å². The SMILES string of the molecule is CCCCCCCCCCCCCCCCOCC(COP(=O)([O-])Oc1ccccc1C[n+]1csc(C)c1)OC. The zero-order chi connectivity index (χ0) is 28.9. The molecule has 0 fully saturated rings. The molecule has 0 amide bonds. The number of phosphoric acid groups is 1. The molecule has 0 bridgehead atoms. The number of hydrogen-bond donors (Lipinski definition) is 0. The van der Waals surface area contributed by atoms with Gasteiger partial charge in [-0.15, -0.1) is 0 Å². The number of aryl methyl sites for hydroxylation is 1. The first-order chi connectivity index (χ1) is 19.4. The molecule has 1 heterocycles. The summed E-state index contributed by atoms with van der Waals surface area (Å²) >= 11 is 1.63. The van der Waals surface area contributed by atoms with Gasteiger partial charge >= 0.3 is 7.82 Å². The number of aromatic nitrogens is 1. The van der Waals surface area contributed by atoms with Gasteiger partial charge in [0.05, 0.1) is 23.7 Å². The van der Waals surface area contributed by atoms with E-state index in [1.54, 1.807) is 23.5 Å².